The molecular formula is C22H23F3N6O3. The minimum Gasteiger partial charge on any atom is -0.344 e. The van der Waals surface area contributed by atoms with Crippen LogP contribution in [-0.4, -0.2) is 37.3 Å². The minimum absolute atomic E-state index is 0.00575. The van der Waals surface area contributed by atoms with Crippen LogP contribution in [0.3, 0.4) is 0 Å². The number of ketones is 1. The van der Waals surface area contributed by atoms with Gasteiger partial charge < -0.3 is 15.2 Å². The SMILES string of the molecule is Cc1cc(NC(=O)c2c(C)c(C(=O)C(=O)NCc3nc(C(C)(F)F)n[nH]3)n(C)c2C)ccc1F. The number of carbonyl (C=O) groups is 3. The van der Waals surface area contributed by atoms with Crippen molar-refractivity contribution in [2.75, 3.05) is 5.32 Å². The molecular weight excluding hydrogens is 453 g/mol. The second-order valence-electron chi connectivity index (χ2n) is 7.92. The maximum atomic E-state index is 13.5. The number of aromatic amines is 1. The molecule has 0 radical (unpaired) electrons. The Hall–Kier alpha value is -3.96. The molecule has 0 aliphatic rings. The van der Waals surface area contributed by atoms with E-state index >= 15 is 0 Å². The van der Waals surface area contributed by atoms with Gasteiger partial charge in [-0.25, -0.2) is 9.37 Å². The first kappa shape index (κ1) is 24.7. The molecule has 2 heterocycles. The molecule has 0 saturated carbocycles. The van der Waals surface area contributed by atoms with E-state index in [4.69, 9.17) is 0 Å². The van der Waals surface area contributed by atoms with Gasteiger partial charge in [0.1, 0.15) is 11.6 Å². The standard InChI is InChI=1S/C22H23F3N6O3/c1-10-8-13(6-7-14(10)23)27-19(33)16-11(2)17(31(5)12(16)3)18(32)20(34)26-9-15-28-21(30-29-15)22(4,24)25/h6-8H,9H2,1-5H3,(H,26,34)(H,27,33)(H,28,29,30). The molecule has 2 aromatic heterocycles. The lowest BCUT2D eigenvalue weighted by molar-refractivity contribution is -0.117. The summed E-state index contributed by atoms with van der Waals surface area (Å²) in [4.78, 5) is 41.8. The summed E-state index contributed by atoms with van der Waals surface area (Å²) < 4.78 is 41.4. The van der Waals surface area contributed by atoms with Gasteiger partial charge in [0.2, 0.25) is 5.82 Å². The Balaban J connectivity index is 1.77. The summed E-state index contributed by atoms with van der Waals surface area (Å²) in [6.45, 7) is 5.02. The molecule has 180 valence electrons. The number of halogens is 3. The van der Waals surface area contributed by atoms with Crippen LogP contribution in [-0.2, 0) is 24.3 Å². The van der Waals surface area contributed by atoms with E-state index in [0.29, 0.717) is 23.9 Å². The highest BCUT2D eigenvalue weighted by atomic mass is 19.3. The number of Topliss-reactive ketones (excluding diaryl/α,β-unsaturated/α-hetero) is 1. The number of H-pyrrole nitrogens is 1. The van der Waals surface area contributed by atoms with Gasteiger partial charge in [-0.1, -0.05) is 0 Å². The van der Waals surface area contributed by atoms with Gasteiger partial charge in [0.05, 0.1) is 17.8 Å². The first-order chi connectivity index (χ1) is 15.8. The Bertz CT molecular complexity index is 1290. The molecule has 0 atom stereocenters. The van der Waals surface area contributed by atoms with Gasteiger partial charge >= 0.3 is 5.92 Å². The normalized spacial score (nSPS) is 11.4. The van der Waals surface area contributed by atoms with Crippen molar-refractivity contribution in [2.24, 2.45) is 7.05 Å². The van der Waals surface area contributed by atoms with E-state index < -0.39 is 35.2 Å². The van der Waals surface area contributed by atoms with Crippen LogP contribution in [0.15, 0.2) is 18.2 Å². The van der Waals surface area contributed by atoms with E-state index in [1.165, 1.54) is 36.7 Å². The lowest BCUT2D eigenvalue weighted by atomic mass is 10.1. The van der Waals surface area contributed by atoms with Crippen molar-refractivity contribution in [3.8, 4) is 0 Å². The van der Waals surface area contributed by atoms with Crippen LogP contribution in [0.1, 0.15) is 56.2 Å². The third-order valence-electron chi connectivity index (χ3n) is 5.34. The van der Waals surface area contributed by atoms with Gasteiger partial charge in [-0.3, -0.25) is 19.5 Å². The summed E-state index contributed by atoms with van der Waals surface area (Å²) >= 11 is 0. The number of carbonyl (C=O) groups excluding carboxylic acids is 3. The highest BCUT2D eigenvalue weighted by Gasteiger charge is 2.31. The zero-order chi connectivity index (χ0) is 25.4. The largest absolute Gasteiger partial charge is 0.344 e. The van der Waals surface area contributed by atoms with Crippen molar-refractivity contribution < 1.29 is 27.6 Å². The molecule has 0 aliphatic carbocycles. The maximum absolute atomic E-state index is 13.5. The average Bonchev–Trinajstić information content (AvgIpc) is 3.32. The van der Waals surface area contributed by atoms with Crippen molar-refractivity contribution >= 4 is 23.3 Å². The second-order valence-corrected chi connectivity index (χ2v) is 7.92. The number of nitrogens with zero attached hydrogens (tertiary/aromatic N) is 3. The molecule has 0 unspecified atom stereocenters. The fraction of sp³-hybridized carbons (Fsp3) is 0.318. The van der Waals surface area contributed by atoms with Crippen molar-refractivity contribution in [1.82, 2.24) is 25.1 Å². The number of alkyl halides is 2. The fourth-order valence-corrected chi connectivity index (χ4v) is 3.47. The molecule has 9 nitrogen and oxygen atoms in total. The number of hydrogen-bond acceptors (Lipinski definition) is 5. The van der Waals surface area contributed by atoms with E-state index in [0.717, 1.165) is 0 Å². The number of anilines is 1. The van der Waals surface area contributed by atoms with E-state index in [9.17, 15) is 27.6 Å². The predicted molar refractivity (Wildman–Crippen MR) is 116 cm³/mol. The van der Waals surface area contributed by atoms with Crippen molar-refractivity contribution in [3.05, 3.63) is 63.7 Å². The van der Waals surface area contributed by atoms with Crippen LogP contribution in [0, 0.1) is 26.6 Å². The molecule has 0 fully saturated rings. The zero-order valence-electron chi connectivity index (χ0n) is 19.1. The van der Waals surface area contributed by atoms with Crippen molar-refractivity contribution in [2.45, 2.75) is 40.2 Å². The number of rotatable bonds is 7. The van der Waals surface area contributed by atoms with Crippen LogP contribution in [0.2, 0.25) is 0 Å². The van der Waals surface area contributed by atoms with Crippen LogP contribution in [0.25, 0.3) is 0 Å². The van der Waals surface area contributed by atoms with E-state index in [-0.39, 0.29) is 29.2 Å². The van der Waals surface area contributed by atoms with E-state index in [2.05, 4.69) is 25.8 Å². The summed E-state index contributed by atoms with van der Waals surface area (Å²) in [6, 6.07) is 4.12. The molecule has 0 bridgehead atoms. The Morgan fingerprint density at radius 2 is 1.85 bits per heavy atom. The Labute approximate surface area is 192 Å². The lowest BCUT2D eigenvalue weighted by Gasteiger charge is -2.07. The van der Waals surface area contributed by atoms with Gasteiger partial charge in [-0.05, 0) is 50.1 Å². The molecule has 2 amide bonds. The van der Waals surface area contributed by atoms with Gasteiger partial charge in [0.25, 0.3) is 17.6 Å². The second kappa shape index (κ2) is 9.12. The predicted octanol–water partition coefficient (Wildman–Crippen LogP) is 3.07. The first-order valence-electron chi connectivity index (χ1n) is 10.2. The monoisotopic (exact) mass is 476 g/mol. The van der Waals surface area contributed by atoms with Crippen LogP contribution in [0.5, 0.6) is 0 Å². The lowest BCUT2D eigenvalue weighted by Crippen LogP contribution is -2.32. The van der Waals surface area contributed by atoms with E-state index in [1.54, 1.807) is 13.8 Å². The molecule has 3 aromatic rings. The molecule has 3 N–H and O–H groups in total. The number of amides is 2. The Morgan fingerprint density at radius 1 is 1.18 bits per heavy atom. The van der Waals surface area contributed by atoms with Crippen LogP contribution < -0.4 is 10.6 Å². The van der Waals surface area contributed by atoms with Gasteiger partial charge in [-0.2, -0.15) is 13.9 Å². The van der Waals surface area contributed by atoms with E-state index in [1.807, 2.05) is 0 Å². The molecule has 12 heteroatoms. The zero-order valence-corrected chi connectivity index (χ0v) is 19.1. The molecule has 0 saturated heterocycles. The highest BCUT2D eigenvalue weighted by molar-refractivity contribution is 6.43. The van der Waals surface area contributed by atoms with Gasteiger partial charge in [0, 0.05) is 25.4 Å². The fourth-order valence-electron chi connectivity index (χ4n) is 3.47. The molecule has 1 aromatic carbocycles. The summed E-state index contributed by atoms with van der Waals surface area (Å²) in [7, 11) is 1.54. The number of nitrogens with one attached hydrogen (secondary N) is 3. The average molecular weight is 476 g/mol. The summed E-state index contributed by atoms with van der Waals surface area (Å²) in [6.07, 6.45) is 0. The summed E-state index contributed by atoms with van der Waals surface area (Å²) in [5.41, 5.74) is 1.65. The number of aromatic nitrogens is 4. The highest BCUT2D eigenvalue weighted by Crippen LogP contribution is 2.24. The van der Waals surface area contributed by atoms with Gasteiger partial charge in [-0.15, -0.1) is 0 Å². The first-order valence-corrected chi connectivity index (χ1v) is 10.2. The van der Waals surface area contributed by atoms with Crippen molar-refractivity contribution in [3.63, 3.8) is 0 Å². The number of aryl methyl sites for hydroxylation is 1. The topological polar surface area (TPSA) is 122 Å². The Morgan fingerprint density at radius 3 is 2.44 bits per heavy atom. The quantitative estimate of drug-likeness (QED) is 0.357. The number of benzene rings is 1. The van der Waals surface area contributed by atoms with Gasteiger partial charge in [0.15, 0.2) is 0 Å². The van der Waals surface area contributed by atoms with Crippen molar-refractivity contribution in [1.29, 1.82) is 0 Å². The summed E-state index contributed by atoms with van der Waals surface area (Å²) in [5.74, 6) is -6.89. The van der Waals surface area contributed by atoms with Crippen LogP contribution >= 0.6 is 0 Å². The third kappa shape index (κ3) is 4.85. The molecule has 0 aliphatic heterocycles. The number of hydrogen-bond donors (Lipinski definition) is 3. The Kier molecular flexibility index (Phi) is 6.62. The van der Waals surface area contributed by atoms with Crippen LogP contribution in [0.4, 0.5) is 18.9 Å². The molecule has 34 heavy (non-hydrogen) atoms. The third-order valence-corrected chi connectivity index (χ3v) is 5.34. The maximum Gasteiger partial charge on any atom is 0.305 e. The minimum atomic E-state index is -3.25. The molecule has 3 rings (SSSR count). The smallest absolute Gasteiger partial charge is 0.305 e. The molecule has 0 spiro atoms. The summed E-state index contributed by atoms with van der Waals surface area (Å²) in [5, 5.41) is 10.6.